The van der Waals surface area contributed by atoms with Crippen molar-refractivity contribution in [1.29, 1.82) is 0 Å². The molecule has 2 fully saturated rings. The van der Waals surface area contributed by atoms with Crippen LogP contribution in [-0.4, -0.2) is 61.1 Å². The summed E-state index contributed by atoms with van der Waals surface area (Å²) in [5, 5.41) is 5.56. The Morgan fingerprint density at radius 3 is 2.58 bits per heavy atom. The number of benzene rings is 1. The molecule has 7 nitrogen and oxygen atoms in total. The Bertz CT molecular complexity index is 977. The lowest BCUT2D eigenvalue weighted by atomic mass is 9.91. The number of anilines is 1. The highest BCUT2D eigenvalue weighted by Crippen LogP contribution is 2.34. The Hall–Kier alpha value is -2.54. The number of hydrogen-bond acceptors (Lipinski definition) is 6. The first-order valence-corrected chi connectivity index (χ1v) is 12.2. The number of amides is 1. The number of allylic oxidation sites excluding steroid dienone is 1. The van der Waals surface area contributed by atoms with E-state index in [0.717, 1.165) is 87.3 Å². The molecule has 0 unspecified atom stereocenters. The number of piperidine rings is 1. The van der Waals surface area contributed by atoms with E-state index in [2.05, 4.69) is 34.3 Å². The summed E-state index contributed by atoms with van der Waals surface area (Å²) in [5.74, 6) is 0.582. The van der Waals surface area contributed by atoms with Crippen LogP contribution in [0.4, 0.5) is 10.5 Å². The highest BCUT2D eigenvalue weighted by atomic mass is 16.6. The van der Waals surface area contributed by atoms with Crippen LogP contribution in [0, 0.1) is 5.92 Å². The van der Waals surface area contributed by atoms with Gasteiger partial charge in [0, 0.05) is 42.8 Å². The molecule has 0 spiro atoms. The summed E-state index contributed by atoms with van der Waals surface area (Å²) in [7, 11) is 0. The van der Waals surface area contributed by atoms with E-state index in [1.807, 2.05) is 32.6 Å². The lowest BCUT2D eigenvalue weighted by Gasteiger charge is -2.33. The molecular formula is C26H37N3O4. The minimum absolute atomic E-state index is 0.198. The number of carbonyl (C=O) groups is 1. The highest BCUT2D eigenvalue weighted by Gasteiger charge is 2.27. The highest BCUT2D eigenvalue weighted by molar-refractivity contribution is 5.93. The molecule has 1 amide bonds. The molecule has 0 N–H and O–H groups in total. The van der Waals surface area contributed by atoms with Gasteiger partial charge in [-0.15, -0.1) is 0 Å². The van der Waals surface area contributed by atoms with Crippen molar-refractivity contribution in [2.24, 2.45) is 5.92 Å². The van der Waals surface area contributed by atoms with Gasteiger partial charge in [0.25, 0.3) is 0 Å². The summed E-state index contributed by atoms with van der Waals surface area (Å²) in [6.45, 7) is 12.5. The molecule has 2 aliphatic heterocycles. The van der Waals surface area contributed by atoms with E-state index in [1.165, 1.54) is 5.69 Å². The molecule has 1 aromatic carbocycles. The van der Waals surface area contributed by atoms with Gasteiger partial charge in [-0.25, -0.2) is 4.79 Å². The predicted octanol–water partition coefficient (Wildman–Crippen LogP) is 5.28. The molecule has 0 radical (unpaired) electrons. The van der Waals surface area contributed by atoms with Crippen molar-refractivity contribution >= 4 is 28.8 Å². The molecule has 2 saturated heterocycles. The van der Waals surface area contributed by atoms with Crippen LogP contribution in [-0.2, 0) is 15.9 Å². The first-order chi connectivity index (χ1) is 15.9. The molecular weight excluding hydrogens is 418 g/mol. The second-order valence-corrected chi connectivity index (χ2v) is 10.1. The van der Waals surface area contributed by atoms with Crippen LogP contribution in [0.15, 0.2) is 22.7 Å². The first kappa shape index (κ1) is 23.6. The van der Waals surface area contributed by atoms with Crippen LogP contribution in [0.3, 0.4) is 0 Å². The summed E-state index contributed by atoms with van der Waals surface area (Å²) in [5.41, 5.74) is 3.73. The van der Waals surface area contributed by atoms with Crippen LogP contribution < -0.4 is 4.90 Å². The van der Waals surface area contributed by atoms with Gasteiger partial charge < -0.3 is 23.8 Å². The third kappa shape index (κ3) is 5.69. The van der Waals surface area contributed by atoms with Crippen LogP contribution >= 0.6 is 0 Å². The third-order valence-electron chi connectivity index (χ3n) is 6.47. The van der Waals surface area contributed by atoms with E-state index in [1.54, 1.807) is 0 Å². The summed E-state index contributed by atoms with van der Waals surface area (Å²) in [6.07, 6.45) is 7.91. The van der Waals surface area contributed by atoms with Gasteiger partial charge in [-0.3, -0.25) is 0 Å². The number of carbonyl (C=O) groups excluding carboxylic acids is 1. The maximum Gasteiger partial charge on any atom is 0.410 e. The van der Waals surface area contributed by atoms with Gasteiger partial charge >= 0.3 is 6.09 Å². The minimum atomic E-state index is -0.449. The minimum Gasteiger partial charge on any atom is -0.444 e. The van der Waals surface area contributed by atoms with Crippen molar-refractivity contribution in [2.45, 2.75) is 59.0 Å². The zero-order valence-electron chi connectivity index (χ0n) is 20.4. The third-order valence-corrected chi connectivity index (χ3v) is 6.47. The molecule has 2 aromatic rings. The SMILES string of the molecule is C/C=C/c1c(N2CCOCC2)ccc2c(CCC3CCN(C(=O)OC(C)(C)C)CC3)noc12. The molecule has 180 valence electrons. The monoisotopic (exact) mass is 455 g/mol. The summed E-state index contributed by atoms with van der Waals surface area (Å²) in [6, 6.07) is 4.35. The average Bonchev–Trinajstić information content (AvgIpc) is 3.21. The number of nitrogens with zero attached hydrogens (tertiary/aromatic N) is 3. The van der Waals surface area contributed by atoms with Crippen LogP contribution in [0.25, 0.3) is 17.0 Å². The number of hydrogen-bond donors (Lipinski definition) is 0. The van der Waals surface area contributed by atoms with Crippen molar-refractivity contribution in [3.8, 4) is 0 Å². The van der Waals surface area contributed by atoms with E-state index in [9.17, 15) is 4.79 Å². The second kappa shape index (κ2) is 10.2. The lowest BCUT2D eigenvalue weighted by Crippen LogP contribution is -2.41. The zero-order chi connectivity index (χ0) is 23.4. The van der Waals surface area contributed by atoms with E-state index >= 15 is 0 Å². The average molecular weight is 456 g/mol. The Kier molecular flexibility index (Phi) is 7.27. The molecule has 0 aliphatic carbocycles. The van der Waals surface area contributed by atoms with Crippen LogP contribution in [0.2, 0.25) is 0 Å². The van der Waals surface area contributed by atoms with E-state index in [4.69, 9.17) is 14.0 Å². The molecule has 33 heavy (non-hydrogen) atoms. The molecule has 0 bridgehead atoms. The summed E-state index contributed by atoms with van der Waals surface area (Å²) in [4.78, 5) is 16.5. The van der Waals surface area contributed by atoms with Crippen molar-refractivity contribution in [3.63, 3.8) is 0 Å². The maximum absolute atomic E-state index is 12.3. The molecule has 0 atom stereocenters. The number of aromatic nitrogens is 1. The molecule has 2 aliphatic rings. The van der Waals surface area contributed by atoms with Gasteiger partial charge in [-0.1, -0.05) is 17.3 Å². The zero-order valence-corrected chi connectivity index (χ0v) is 20.4. The van der Waals surface area contributed by atoms with Gasteiger partial charge in [0.05, 0.1) is 18.9 Å². The quantitative estimate of drug-likeness (QED) is 0.611. The number of aryl methyl sites for hydroxylation is 1. The first-order valence-electron chi connectivity index (χ1n) is 12.2. The van der Waals surface area contributed by atoms with Gasteiger partial charge in [0.1, 0.15) is 5.60 Å². The Morgan fingerprint density at radius 2 is 1.91 bits per heavy atom. The smallest absolute Gasteiger partial charge is 0.410 e. The Morgan fingerprint density at radius 1 is 1.18 bits per heavy atom. The number of likely N-dealkylation sites (tertiary alicyclic amines) is 1. The summed E-state index contributed by atoms with van der Waals surface area (Å²) < 4.78 is 16.9. The number of rotatable bonds is 5. The molecule has 4 rings (SSSR count). The topological polar surface area (TPSA) is 68.0 Å². The van der Waals surface area contributed by atoms with Gasteiger partial charge in [0.15, 0.2) is 5.58 Å². The van der Waals surface area contributed by atoms with Gasteiger partial charge in [-0.2, -0.15) is 0 Å². The maximum atomic E-state index is 12.3. The molecule has 1 aromatic heterocycles. The van der Waals surface area contributed by atoms with E-state index in [0.29, 0.717) is 5.92 Å². The van der Waals surface area contributed by atoms with Crippen molar-refractivity contribution in [3.05, 3.63) is 29.5 Å². The second-order valence-electron chi connectivity index (χ2n) is 10.1. The van der Waals surface area contributed by atoms with Crippen molar-refractivity contribution in [1.82, 2.24) is 10.1 Å². The number of ether oxygens (including phenoxy) is 2. The van der Waals surface area contributed by atoms with Crippen molar-refractivity contribution in [2.75, 3.05) is 44.3 Å². The van der Waals surface area contributed by atoms with Crippen molar-refractivity contribution < 1.29 is 18.8 Å². The fourth-order valence-electron chi connectivity index (χ4n) is 4.72. The van der Waals surface area contributed by atoms with Crippen LogP contribution in [0.1, 0.15) is 58.2 Å². The molecule has 0 saturated carbocycles. The summed E-state index contributed by atoms with van der Waals surface area (Å²) >= 11 is 0. The number of morpholine rings is 1. The van der Waals surface area contributed by atoms with Gasteiger partial charge in [-0.05, 0) is 71.4 Å². The lowest BCUT2D eigenvalue weighted by molar-refractivity contribution is 0.0181. The Balaban J connectivity index is 1.40. The fraction of sp³-hybridized carbons (Fsp3) is 0.615. The van der Waals surface area contributed by atoms with Gasteiger partial charge in [0.2, 0.25) is 0 Å². The molecule has 7 heteroatoms. The largest absolute Gasteiger partial charge is 0.444 e. The number of fused-ring (bicyclic) bond motifs is 1. The van der Waals surface area contributed by atoms with E-state index < -0.39 is 5.60 Å². The normalized spacial score (nSPS) is 18.4. The standard InChI is InChI=1S/C26H37N3O4/c1-5-6-21-23(28-15-17-31-18-16-28)10-8-20-22(27-33-24(20)21)9-7-19-11-13-29(14-12-19)25(30)32-26(2,3)4/h5-6,8,10,19H,7,9,11-18H2,1-4H3/b6-5+. The van der Waals surface area contributed by atoms with Crippen LogP contribution in [0.5, 0.6) is 0 Å². The predicted molar refractivity (Wildman–Crippen MR) is 131 cm³/mol. The fourth-order valence-corrected chi connectivity index (χ4v) is 4.72. The Labute approximate surface area is 196 Å². The molecule has 3 heterocycles. The van der Waals surface area contributed by atoms with E-state index in [-0.39, 0.29) is 6.09 Å².